The van der Waals surface area contributed by atoms with Crippen LogP contribution in [0.5, 0.6) is 0 Å². The third kappa shape index (κ3) is 4.37. The van der Waals surface area contributed by atoms with Gasteiger partial charge in [0.15, 0.2) is 0 Å². The number of methoxy groups -OCH3 is 1. The summed E-state index contributed by atoms with van der Waals surface area (Å²) in [6.07, 6.45) is -0.173. The van der Waals surface area contributed by atoms with E-state index in [1.165, 1.54) is 19.2 Å². The molecule has 18 heavy (non-hydrogen) atoms. The fourth-order valence-electron chi connectivity index (χ4n) is 1.35. The molecule has 1 aromatic heterocycles. The Morgan fingerprint density at radius 1 is 1.56 bits per heavy atom. The number of nitrogens with one attached hydrogen (secondary N) is 1. The lowest BCUT2D eigenvalue weighted by Crippen LogP contribution is -2.35. The largest absolute Gasteiger partial charge is 0.481 e. The first-order chi connectivity index (χ1) is 8.35. The Morgan fingerprint density at radius 2 is 2.22 bits per heavy atom. The van der Waals surface area contributed by atoms with Crippen LogP contribution in [0.4, 0.5) is 0 Å². The van der Waals surface area contributed by atoms with Crippen LogP contribution < -0.4 is 4.72 Å². The van der Waals surface area contributed by atoms with Crippen LogP contribution in [0.3, 0.4) is 0 Å². The van der Waals surface area contributed by atoms with Gasteiger partial charge in [-0.2, -0.15) is 0 Å². The van der Waals surface area contributed by atoms with Gasteiger partial charge in [-0.05, 0) is 19.1 Å². The number of sulfonamides is 1. The minimum Gasteiger partial charge on any atom is -0.481 e. The number of carbonyl (C=O) groups is 1. The molecule has 6 nitrogen and oxygen atoms in total. The van der Waals surface area contributed by atoms with Gasteiger partial charge in [0.25, 0.3) is 0 Å². The van der Waals surface area contributed by atoms with Gasteiger partial charge in [-0.25, -0.2) is 13.1 Å². The first-order valence-electron chi connectivity index (χ1n) is 5.17. The van der Waals surface area contributed by atoms with E-state index in [0.717, 1.165) is 11.3 Å². The predicted molar refractivity (Wildman–Crippen MR) is 67.3 cm³/mol. The Kier molecular flexibility index (Phi) is 5.27. The number of thiophene rings is 1. The fourth-order valence-corrected chi connectivity index (χ4v) is 3.95. The molecule has 0 fully saturated rings. The van der Waals surface area contributed by atoms with Crippen molar-refractivity contribution in [2.75, 3.05) is 13.7 Å². The maximum absolute atomic E-state index is 11.9. The maximum atomic E-state index is 11.9. The summed E-state index contributed by atoms with van der Waals surface area (Å²) >= 11 is 0.956. The highest BCUT2D eigenvalue weighted by Crippen LogP contribution is 2.22. The number of rotatable bonds is 7. The molecule has 0 saturated heterocycles. The molecule has 1 heterocycles. The maximum Gasteiger partial charge on any atom is 0.308 e. The molecule has 0 bridgehead atoms. The molecule has 0 aliphatic carbocycles. The zero-order valence-corrected chi connectivity index (χ0v) is 11.7. The molecule has 102 valence electrons. The summed E-state index contributed by atoms with van der Waals surface area (Å²) in [7, 11) is -2.11. The zero-order chi connectivity index (χ0) is 13.8. The van der Waals surface area contributed by atoms with Crippen molar-refractivity contribution >= 4 is 27.3 Å². The van der Waals surface area contributed by atoms with Crippen molar-refractivity contribution in [3.63, 3.8) is 0 Å². The van der Waals surface area contributed by atoms with Gasteiger partial charge in [0.1, 0.15) is 4.21 Å². The van der Waals surface area contributed by atoms with Gasteiger partial charge in [-0.3, -0.25) is 4.79 Å². The minimum atomic E-state index is -3.60. The Hall–Kier alpha value is -0.960. The third-order valence-corrected chi connectivity index (χ3v) is 5.17. The molecule has 0 radical (unpaired) electrons. The van der Waals surface area contributed by atoms with E-state index >= 15 is 0 Å². The molecule has 0 spiro atoms. The number of hydrogen-bond donors (Lipinski definition) is 2. The quantitative estimate of drug-likeness (QED) is 0.771. The summed E-state index contributed by atoms with van der Waals surface area (Å²) in [5.74, 6) is -0.985. The summed E-state index contributed by atoms with van der Waals surface area (Å²) in [5, 5.41) is 8.62. The normalized spacial score (nSPS) is 13.4. The van der Waals surface area contributed by atoms with Crippen molar-refractivity contribution in [2.24, 2.45) is 0 Å². The van der Waals surface area contributed by atoms with E-state index in [2.05, 4.69) is 4.72 Å². The van der Waals surface area contributed by atoms with E-state index in [-0.39, 0.29) is 23.3 Å². The Morgan fingerprint density at radius 3 is 2.78 bits per heavy atom. The smallest absolute Gasteiger partial charge is 0.308 e. The van der Waals surface area contributed by atoms with Crippen LogP contribution in [0.1, 0.15) is 11.8 Å². The lowest BCUT2D eigenvalue weighted by Gasteiger charge is -2.11. The lowest BCUT2D eigenvalue weighted by molar-refractivity contribution is -0.136. The molecule has 0 aromatic carbocycles. The summed E-state index contributed by atoms with van der Waals surface area (Å²) in [6.45, 7) is 1.96. The summed E-state index contributed by atoms with van der Waals surface area (Å²) < 4.78 is 31.2. The second kappa shape index (κ2) is 6.28. The third-order valence-electron chi connectivity index (χ3n) is 2.00. The molecule has 2 N–H and O–H groups in total. The number of ether oxygens (including phenoxy) is 1. The van der Waals surface area contributed by atoms with E-state index in [1.54, 1.807) is 6.92 Å². The number of carboxylic acids is 1. The monoisotopic (exact) mass is 293 g/mol. The van der Waals surface area contributed by atoms with Crippen LogP contribution in [-0.4, -0.2) is 39.3 Å². The SMILES string of the molecule is COCC(C)NS(=O)(=O)c1ccc(CC(=O)O)s1. The van der Waals surface area contributed by atoms with Gasteiger partial charge in [0.05, 0.1) is 13.0 Å². The Labute approximate surface area is 110 Å². The summed E-state index contributed by atoms with van der Waals surface area (Å²) in [5.41, 5.74) is 0. The second-order valence-electron chi connectivity index (χ2n) is 3.77. The van der Waals surface area contributed by atoms with Gasteiger partial charge in [-0.1, -0.05) is 0 Å². The highest BCUT2D eigenvalue weighted by atomic mass is 32.2. The van der Waals surface area contributed by atoms with Crippen LogP contribution in [0.2, 0.25) is 0 Å². The van der Waals surface area contributed by atoms with E-state index in [9.17, 15) is 13.2 Å². The van der Waals surface area contributed by atoms with Crippen molar-refractivity contribution in [3.8, 4) is 0 Å². The molecule has 1 unspecified atom stereocenters. The molecular weight excluding hydrogens is 278 g/mol. The van der Waals surface area contributed by atoms with E-state index in [1.807, 2.05) is 0 Å². The van der Waals surface area contributed by atoms with Crippen molar-refractivity contribution in [1.29, 1.82) is 0 Å². The first kappa shape index (κ1) is 15.1. The highest BCUT2D eigenvalue weighted by molar-refractivity contribution is 7.91. The average Bonchev–Trinajstić information content (AvgIpc) is 2.65. The van der Waals surface area contributed by atoms with Crippen molar-refractivity contribution < 1.29 is 23.1 Å². The molecule has 1 aromatic rings. The van der Waals surface area contributed by atoms with Gasteiger partial charge >= 0.3 is 5.97 Å². The fraction of sp³-hybridized carbons (Fsp3) is 0.500. The van der Waals surface area contributed by atoms with E-state index in [0.29, 0.717) is 4.88 Å². The number of hydrogen-bond acceptors (Lipinski definition) is 5. The molecule has 0 aliphatic heterocycles. The van der Waals surface area contributed by atoms with Crippen molar-refractivity contribution in [2.45, 2.75) is 23.6 Å². The van der Waals surface area contributed by atoms with E-state index < -0.39 is 16.0 Å². The number of carboxylic acid groups (broad SMARTS) is 1. The van der Waals surface area contributed by atoms with E-state index in [4.69, 9.17) is 9.84 Å². The summed E-state index contributed by atoms with van der Waals surface area (Å²) in [4.78, 5) is 11.0. The van der Waals surface area contributed by atoms with Gasteiger partial charge in [0.2, 0.25) is 10.0 Å². The molecule has 1 rings (SSSR count). The second-order valence-corrected chi connectivity index (χ2v) is 6.88. The van der Waals surface area contributed by atoms with Gasteiger partial charge < -0.3 is 9.84 Å². The van der Waals surface area contributed by atoms with Crippen LogP contribution in [-0.2, 0) is 26.0 Å². The average molecular weight is 293 g/mol. The molecule has 8 heteroatoms. The van der Waals surface area contributed by atoms with Gasteiger partial charge in [-0.15, -0.1) is 11.3 Å². The standard InChI is InChI=1S/C10H15NO5S2/c1-7(6-16-2)11-18(14,15)10-4-3-8(17-10)5-9(12)13/h3-4,7,11H,5-6H2,1-2H3,(H,12,13). The van der Waals surface area contributed by atoms with Crippen LogP contribution >= 0.6 is 11.3 Å². The molecule has 0 amide bonds. The van der Waals surface area contributed by atoms with Gasteiger partial charge in [0, 0.05) is 18.0 Å². The zero-order valence-electron chi connectivity index (χ0n) is 10.0. The highest BCUT2D eigenvalue weighted by Gasteiger charge is 2.19. The Balaban J connectivity index is 2.79. The molecule has 0 aliphatic rings. The topological polar surface area (TPSA) is 92.7 Å². The van der Waals surface area contributed by atoms with Crippen molar-refractivity contribution in [1.82, 2.24) is 4.72 Å². The molecule has 1 atom stereocenters. The molecule has 0 saturated carbocycles. The predicted octanol–water partition coefficient (Wildman–Crippen LogP) is 0.688. The Bertz CT molecular complexity index is 508. The lowest BCUT2D eigenvalue weighted by atomic mass is 10.3. The first-order valence-corrected chi connectivity index (χ1v) is 7.47. The van der Waals surface area contributed by atoms with Crippen LogP contribution in [0.25, 0.3) is 0 Å². The van der Waals surface area contributed by atoms with Crippen LogP contribution in [0, 0.1) is 0 Å². The molecular formula is C10H15NO5S2. The van der Waals surface area contributed by atoms with Crippen molar-refractivity contribution in [3.05, 3.63) is 17.0 Å². The van der Waals surface area contributed by atoms with Crippen LogP contribution in [0.15, 0.2) is 16.3 Å². The minimum absolute atomic E-state index is 0.113. The summed E-state index contributed by atoms with van der Waals surface area (Å²) in [6, 6.07) is 2.57. The number of aliphatic carboxylic acids is 1.